The van der Waals surface area contributed by atoms with Gasteiger partial charge < -0.3 is 14.7 Å². The molecule has 0 amide bonds. The first-order valence-corrected chi connectivity index (χ1v) is 11.7. The molecule has 7 heteroatoms. The summed E-state index contributed by atoms with van der Waals surface area (Å²) in [5, 5.41) is 11.1. The Balaban J connectivity index is 1.51. The Morgan fingerprint density at radius 3 is 2.68 bits per heavy atom. The van der Waals surface area contributed by atoms with Crippen molar-refractivity contribution < 1.29 is 18.3 Å². The molecule has 0 radical (unpaired) electrons. The average Bonchev–Trinajstić information content (AvgIpc) is 2.66. The molecule has 1 N–H and O–H groups in total. The fourth-order valence-electron chi connectivity index (χ4n) is 3.51. The number of halogens is 1. The van der Waals surface area contributed by atoms with Crippen molar-refractivity contribution in [3.05, 3.63) is 59.1 Å². The zero-order valence-corrected chi connectivity index (χ0v) is 17.5. The highest BCUT2D eigenvalue weighted by Crippen LogP contribution is 2.23. The minimum absolute atomic E-state index is 0.290. The Kier molecular flexibility index (Phi) is 6.99. The lowest BCUT2D eigenvalue weighted by Gasteiger charge is -2.33. The molecule has 5 nitrogen and oxygen atoms in total. The summed E-state index contributed by atoms with van der Waals surface area (Å²) >= 11 is 6.01. The lowest BCUT2D eigenvalue weighted by molar-refractivity contribution is 0.0714. The lowest BCUT2D eigenvalue weighted by Crippen LogP contribution is -2.39. The van der Waals surface area contributed by atoms with Crippen LogP contribution in [-0.2, 0) is 9.84 Å². The number of nitrogens with zero attached hydrogens (tertiary/aromatic N) is 1. The molecule has 1 saturated heterocycles. The van der Waals surface area contributed by atoms with Gasteiger partial charge in [-0.15, -0.1) is 0 Å². The second kappa shape index (κ2) is 9.27. The molecule has 1 fully saturated rings. The lowest BCUT2D eigenvalue weighted by atomic mass is 9.98. The number of ether oxygens (including phenoxy) is 1. The summed E-state index contributed by atoms with van der Waals surface area (Å²) in [5.74, 6) is 1.04. The van der Waals surface area contributed by atoms with E-state index in [9.17, 15) is 13.5 Å². The van der Waals surface area contributed by atoms with Crippen molar-refractivity contribution in [2.24, 2.45) is 5.92 Å². The van der Waals surface area contributed by atoms with E-state index in [4.69, 9.17) is 16.3 Å². The Morgan fingerprint density at radius 1 is 1.25 bits per heavy atom. The number of aliphatic hydroxyl groups is 1. The quantitative estimate of drug-likeness (QED) is 0.737. The number of β-amino-alcohol motifs (C(OH)–C–C–N with tert-alkyl or cyclic N) is 1. The maximum atomic E-state index is 11.5. The van der Waals surface area contributed by atoms with E-state index in [0.717, 1.165) is 31.5 Å². The van der Waals surface area contributed by atoms with Crippen LogP contribution in [0, 0.1) is 5.92 Å². The molecular formula is C21H26ClNO4S. The number of benzene rings is 2. The number of piperidine rings is 1. The van der Waals surface area contributed by atoms with Crippen molar-refractivity contribution in [1.29, 1.82) is 0 Å². The third kappa shape index (κ3) is 5.95. The monoisotopic (exact) mass is 423 g/mol. The van der Waals surface area contributed by atoms with Crippen LogP contribution in [0.5, 0.6) is 5.75 Å². The van der Waals surface area contributed by atoms with Crippen LogP contribution >= 0.6 is 11.6 Å². The fraction of sp³-hybridized carbons (Fsp3) is 0.429. The summed E-state index contributed by atoms with van der Waals surface area (Å²) in [7, 11) is -3.19. The van der Waals surface area contributed by atoms with Crippen LogP contribution in [0.3, 0.4) is 0 Å². The highest BCUT2D eigenvalue weighted by atomic mass is 35.5. The first-order valence-electron chi connectivity index (χ1n) is 9.40. The molecule has 2 aromatic rings. The summed E-state index contributed by atoms with van der Waals surface area (Å²) in [6.45, 7) is 2.96. The van der Waals surface area contributed by atoms with Gasteiger partial charge in [0.2, 0.25) is 0 Å². The molecule has 2 aromatic carbocycles. The van der Waals surface area contributed by atoms with Gasteiger partial charge in [0, 0.05) is 30.3 Å². The summed E-state index contributed by atoms with van der Waals surface area (Å²) in [6, 6.07) is 13.9. The Hall–Kier alpha value is -1.60. The Morgan fingerprint density at radius 2 is 2.00 bits per heavy atom. The van der Waals surface area contributed by atoms with Gasteiger partial charge in [-0.25, -0.2) is 8.42 Å². The molecule has 3 rings (SSSR count). The van der Waals surface area contributed by atoms with Crippen molar-refractivity contribution in [2.75, 3.05) is 32.5 Å². The zero-order valence-electron chi connectivity index (χ0n) is 15.9. The molecular weight excluding hydrogens is 398 g/mol. The zero-order chi connectivity index (χ0) is 20.1. The van der Waals surface area contributed by atoms with E-state index in [1.165, 1.54) is 6.26 Å². The smallest absolute Gasteiger partial charge is 0.175 e. The highest BCUT2D eigenvalue weighted by molar-refractivity contribution is 7.90. The largest absolute Gasteiger partial charge is 0.493 e. The summed E-state index contributed by atoms with van der Waals surface area (Å²) in [6.07, 6.45) is 2.76. The van der Waals surface area contributed by atoms with E-state index in [2.05, 4.69) is 4.90 Å². The van der Waals surface area contributed by atoms with Crippen LogP contribution in [0.15, 0.2) is 53.4 Å². The molecule has 0 bridgehead atoms. The predicted octanol–water partition coefficient (Wildman–Crippen LogP) is 3.57. The summed E-state index contributed by atoms with van der Waals surface area (Å²) in [5.41, 5.74) is 0.830. The number of hydrogen-bond acceptors (Lipinski definition) is 5. The standard InChI is InChI=1S/C21H26ClNO4S/c1-28(25,26)20-9-7-19(8-10-20)27-15-16-4-3-11-23(13-16)14-21(24)17-5-2-6-18(22)12-17/h2,5-10,12,16,21,24H,3-4,11,13-15H2,1H3/t16-,21-/m1/s1. The summed E-state index contributed by atoms with van der Waals surface area (Å²) < 4.78 is 28.9. The average molecular weight is 424 g/mol. The third-order valence-corrected chi connectivity index (χ3v) is 6.37. The van der Waals surface area contributed by atoms with Crippen LogP contribution in [0.25, 0.3) is 0 Å². The van der Waals surface area contributed by atoms with Crippen LogP contribution in [-0.4, -0.2) is 50.9 Å². The van der Waals surface area contributed by atoms with Gasteiger partial charge in [0.15, 0.2) is 9.84 Å². The van der Waals surface area contributed by atoms with Gasteiger partial charge in [0.1, 0.15) is 5.75 Å². The normalized spacial score (nSPS) is 19.3. The minimum Gasteiger partial charge on any atom is -0.493 e. The molecule has 1 heterocycles. The second-order valence-electron chi connectivity index (χ2n) is 7.39. The van der Waals surface area contributed by atoms with Gasteiger partial charge >= 0.3 is 0 Å². The molecule has 0 aliphatic carbocycles. The van der Waals surface area contributed by atoms with Gasteiger partial charge in [-0.05, 0) is 61.3 Å². The molecule has 1 aliphatic rings. The van der Waals surface area contributed by atoms with Gasteiger partial charge in [-0.2, -0.15) is 0 Å². The maximum Gasteiger partial charge on any atom is 0.175 e. The Labute approximate surface area is 171 Å². The molecule has 0 aromatic heterocycles. The summed E-state index contributed by atoms with van der Waals surface area (Å²) in [4.78, 5) is 2.55. The van der Waals surface area contributed by atoms with Crippen molar-refractivity contribution in [2.45, 2.75) is 23.8 Å². The van der Waals surface area contributed by atoms with Crippen LogP contribution in [0.4, 0.5) is 0 Å². The minimum atomic E-state index is -3.19. The fourth-order valence-corrected chi connectivity index (χ4v) is 4.34. The Bertz CT molecular complexity index is 886. The van der Waals surface area contributed by atoms with E-state index >= 15 is 0 Å². The molecule has 0 spiro atoms. The van der Waals surface area contributed by atoms with E-state index < -0.39 is 15.9 Å². The van der Waals surface area contributed by atoms with Crippen molar-refractivity contribution in [3.63, 3.8) is 0 Å². The number of rotatable bonds is 7. The van der Waals surface area contributed by atoms with E-state index in [0.29, 0.717) is 34.7 Å². The molecule has 152 valence electrons. The molecule has 28 heavy (non-hydrogen) atoms. The predicted molar refractivity (Wildman–Crippen MR) is 111 cm³/mol. The van der Waals surface area contributed by atoms with Gasteiger partial charge in [0.25, 0.3) is 0 Å². The van der Waals surface area contributed by atoms with Crippen molar-refractivity contribution >= 4 is 21.4 Å². The number of hydrogen-bond donors (Lipinski definition) is 1. The van der Waals surface area contributed by atoms with Crippen LogP contribution < -0.4 is 4.74 Å². The van der Waals surface area contributed by atoms with Gasteiger partial charge in [-0.1, -0.05) is 23.7 Å². The number of likely N-dealkylation sites (tertiary alicyclic amines) is 1. The number of aliphatic hydroxyl groups excluding tert-OH is 1. The van der Waals surface area contributed by atoms with Crippen molar-refractivity contribution in [1.82, 2.24) is 4.90 Å². The van der Waals surface area contributed by atoms with E-state index in [1.54, 1.807) is 36.4 Å². The first kappa shape index (κ1) is 21.1. The van der Waals surface area contributed by atoms with Gasteiger partial charge in [-0.3, -0.25) is 0 Å². The molecule has 2 atom stereocenters. The second-order valence-corrected chi connectivity index (χ2v) is 9.85. The molecule has 0 unspecified atom stereocenters. The number of sulfone groups is 1. The highest BCUT2D eigenvalue weighted by Gasteiger charge is 2.23. The first-order chi connectivity index (χ1) is 13.3. The van der Waals surface area contributed by atoms with Crippen LogP contribution in [0.2, 0.25) is 5.02 Å². The maximum absolute atomic E-state index is 11.5. The van der Waals surface area contributed by atoms with E-state index in [1.807, 2.05) is 12.1 Å². The van der Waals surface area contributed by atoms with E-state index in [-0.39, 0.29) is 0 Å². The SMILES string of the molecule is CS(=O)(=O)c1ccc(OC[C@@H]2CCCN(C[C@@H](O)c3cccc(Cl)c3)C2)cc1. The molecule has 1 aliphatic heterocycles. The van der Waals surface area contributed by atoms with Crippen molar-refractivity contribution in [3.8, 4) is 5.75 Å². The van der Waals surface area contributed by atoms with Crippen LogP contribution in [0.1, 0.15) is 24.5 Å². The topological polar surface area (TPSA) is 66.8 Å². The van der Waals surface area contributed by atoms with Gasteiger partial charge in [0.05, 0.1) is 17.6 Å². The molecule has 0 saturated carbocycles. The third-order valence-electron chi connectivity index (χ3n) is 5.01.